The number of likely N-dealkylation sites (tertiary alicyclic amines) is 1. The second kappa shape index (κ2) is 7.98. The molecule has 5 heteroatoms. The molecule has 1 fully saturated rings. The van der Waals surface area contributed by atoms with E-state index in [1.807, 2.05) is 31.2 Å². The molecule has 4 rings (SSSR count). The quantitative estimate of drug-likeness (QED) is 0.738. The molecule has 28 heavy (non-hydrogen) atoms. The highest BCUT2D eigenvalue weighted by Gasteiger charge is 2.24. The van der Waals surface area contributed by atoms with Gasteiger partial charge in [-0.3, -0.25) is 14.5 Å². The second-order valence-electron chi connectivity index (χ2n) is 7.35. The van der Waals surface area contributed by atoms with E-state index in [2.05, 4.69) is 22.3 Å². The molecule has 5 nitrogen and oxygen atoms in total. The summed E-state index contributed by atoms with van der Waals surface area (Å²) in [5.41, 5.74) is 2.39. The average Bonchev–Trinajstić information content (AvgIpc) is 3.24. The van der Waals surface area contributed by atoms with Crippen molar-refractivity contribution in [2.24, 2.45) is 0 Å². The first-order valence-corrected chi connectivity index (χ1v) is 9.73. The summed E-state index contributed by atoms with van der Waals surface area (Å²) >= 11 is 0. The van der Waals surface area contributed by atoms with Crippen LogP contribution in [-0.4, -0.2) is 30.4 Å². The van der Waals surface area contributed by atoms with Crippen LogP contribution in [0.25, 0.3) is 11.0 Å². The smallest absolute Gasteiger partial charge is 0.287 e. The number of nitrogens with zero attached hydrogens (tertiary/aromatic N) is 1. The molecule has 3 aromatic rings. The van der Waals surface area contributed by atoms with E-state index in [4.69, 9.17) is 4.42 Å². The molecule has 0 radical (unpaired) electrons. The zero-order chi connectivity index (χ0) is 19.5. The molecule has 0 unspecified atom stereocenters. The van der Waals surface area contributed by atoms with Gasteiger partial charge >= 0.3 is 0 Å². The van der Waals surface area contributed by atoms with Gasteiger partial charge in [0, 0.05) is 12.6 Å². The van der Waals surface area contributed by atoms with Crippen molar-refractivity contribution < 1.29 is 9.21 Å². The number of carbonyl (C=O) groups excluding carboxylic acids is 1. The zero-order valence-corrected chi connectivity index (χ0v) is 16.0. The SMILES string of the molecule is Cc1ccc2oc(C(=O)NC[C@@H](c3ccccc3)N3CCCC3)cc(=O)c2c1. The Hall–Kier alpha value is -2.92. The molecule has 2 aromatic carbocycles. The molecular formula is C23H24N2O3. The van der Waals surface area contributed by atoms with Crippen LogP contribution in [0, 0.1) is 6.92 Å². The maximum Gasteiger partial charge on any atom is 0.287 e. The summed E-state index contributed by atoms with van der Waals surface area (Å²) < 4.78 is 5.70. The van der Waals surface area contributed by atoms with Gasteiger partial charge in [0.1, 0.15) is 5.58 Å². The Bertz CT molecular complexity index is 1040. The normalized spacial score (nSPS) is 15.6. The molecule has 1 aliphatic heterocycles. The van der Waals surface area contributed by atoms with E-state index < -0.39 is 0 Å². The van der Waals surface area contributed by atoms with E-state index in [-0.39, 0.29) is 23.1 Å². The predicted octanol–water partition coefficient (Wildman–Crippen LogP) is 3.67. The van der Waals surface area contributed by atoms with Gasteiger partial charge in [0.15, 0.2) is 11.2 Å². The summed E-state index contributed by atoms with van der Waals surface area (Å²) in [5, 5.41) is 3.46. The van der Waals surface area contributed by atoms with E-state index >= 15 is 0 Å². The van der Waals surface area contributed by atoms with Crippen LogP contribution in [0.2, 0.25) is 0 Å². The third-order valence-corrected chi connectivity index (χ3v) is 5.33. The first kappa shape index (κ1) is 18.4. The highest BCUT2D eigenvalue weighted by Crippen LogP contribution is 2.24. The summed E-state index contributed by atoms with van der Waals surface area (Å²) in [4.78, 5) is 27.5. The lowest BCUT2D eigenvalue weighted by Gasteiger charge is -2.28. The molecule has 1 N–H and O–H groups in total. The molecule has 1 atom stereocenters. The average molecular weight is 376 g/mol. The van der Waals surface area contributed by atoms with Gasteiger partial charge in [0.05, 0.1) is 11.4 Å². The van der Waals surface area contributed by atoms with Crippen LogP contribution in [0.15, 0.2) is 63.8 Å². The van der Waals surface area contributed by atoms with Crippen LogP contribution in [0.5, 0.6) is 0 Å². The molecule has 2 heterocycles. The maximum absolute atomic E-state index is 12.7. The Labute approximate surface area is 164 Å². The van der Waals surface area contributed by atoms with Crippen molar-refractivity contribution in [3.05, 3.63) is 81.7 Å². The van der Waals surface area contributed by atoms with Crippen LogP contribution < -0.4 is 10.7 Å². The summed E-state index contributed by atoms with van der Waals surface area (Å²) in [6.45, 7) is 4.44. The number of carbonyl (C=O) groups is 1. The first-order valence-electron chi connectivity index (χ1n) is 9.73. The zero-order valence-electron chi connectivity index (χ0n) is 16.0. The fourth-order valence-corrected chi connectivity index (χ4v) is 3.84. The Morgan fingerprint density at radius 2 is 1.86 bits per heavy atom. The summed E-state index contributed by atoms with van der Waals surface area (Å²) in [6.07, 6.45) is 2.35. The predicted molar refractivity (Wildman–Crippen MR) is 110 cm³/mol. The molecule has 0 aliphatic carbocycles. The Kier molecular flexibility index (Phi) is 5.26. The lowest BCUT2D eigenvalue weighted by molar-refractivity contribution is 0.0910. The Morgan fingerprint density at radius 3 is 2.61 bits per heavy atom. The minimum atomic E-state index is -0.361. The Morgan fingerprint density at radius 1 is 1.11 bits per heavy atom. The second-order valence-corrected chi connectivity index (χ2v) is 7.35. The number of hydrogen-bond acceptors (Lipinski definition) is 4. The number of rotatable bonds is 5. The fourth-order valence-electron chi connectivity index (χ4n) is 3.84. The van der Waals surface area contributed by atoms with E-state index in [0.29, 0.717) is 17.5 Å². The van der Waals surface area contributed by atoms with Gasteiger partial charge < -0.3 is 9.73 Å². The van der Waals surface area contributed by atoms with Gasteiger partial charge in [-0.1, -0.05) is 42.0 Å². The molecule has 1 saturated heterocycles. The molecule has 0 spiro atoms. The van der Waals surface area contributed by atoms with Crippen LogP contribution in [0.3, 0.4) is 0 Å². The molecule has 0 saturated carbocycles. The third-order valence-electron chi connectivity index (χ3n) is 5.33. The van der Waals surface area contributed by atoms with Crippen LogP contribution in [0.4, 0.5) is 0 Å². The van der Waals surface area contributed by atoms with Gasteiger partial charge in [0.25, 0.3) is 5.91 Å². The summed E-state index contributed by atoms with van der Waals surface area (Å²) in [7, 11) is 0. The first-order chi connectivity index (χ1) is 13.6. The van der Waals surface area contributed by atoms with E-state index in [1.54, 1.807) is 12.1 Å². The van der Waals surface area contributed by atoms with Crippen molar-refractivity contribution in [3.8, 4) is 0 Å². The molecule has 0 bridgehead atoms. The van der Waals surface area contributed by atoms with Gasteiger partial charge in [-0.25, -0.2) is 0 Å². The largest absolute Gasteiger partial charge is 0.451 e. The fraction of sp³-hybridized carbons (Fsp3) is 0.304. The monoisotopic (exact) mass is 376 g/mol. The van der Waals surface area contributed by atoms with E-state index in [9.17, 15) is 9.59 Å². The minimum Gasteiger partial charge on any atom is -0.451 e. The lowest BCUT2D eigenvalue weighted by atomic mass is 10.1. The molecule has 1 aliphatic rings. The number of aryl methyl sites for hydroxylation is 1. The van der Waals surface area contributed by atoms with E-state index in [0.717, 1.165) is 18.7 Å². The third kappa shape index (κ3) is 3.85. The van der Waals surface area contributed by atoms with Crippen molar-refractivity contribution in [1.82, 2.24) is 10.2 Å². The molecular weight excluding hydrogens is 352 g/mol. The summed E-state index contributed by atoms with van der Waals surface area (Å²) in [5.74, 6) is -0.311. The standard InChI is InChI=1S/C23H24N2O3/c1-16-9-10-21-18(13-16)20(26)14-22(28-21)23(27)24-15-19(25-11-5-6-12-25)17-7-3-2-4-8-17/h2-4,7-10,13-14,19H,5-6,11-12,15H2,1H3,(H,24,27)/t19-/m0/s1. The highest BCUT2D eigenvalue weighted by molar-refractivity contribution is 5.93. The van der Waals surface area contributed by atoms with Crippen molar-refractivity contribution >= 4 is 16.9 Å². The lowest BCUT2D eigenvalue weighted by Crippen LogP contribution is -2.37. The number of hydrogen-bond donors (Lipinski definition) is 1. The van der Waals surface area contributed by atoms with Crippen LogP contribution in [0.1, 0.15) is 40.6 Å². The van der Waals surface area contributed by atoms with Crippen molar-refractivity contribution in [2.45, 2.75) is 25.8 Å². The molecule has 144 valence electrons. The van der Waals surface area contributed by atoms with Gasteiger partial charge in [0.2, 0.25) is 0 Å². The number of benzene rings is 2. The van der Waals surface area contributed by atoms with Gasteiger partial charge in [-0.2, -0.15) is 0 Å². The topological polar surface area (TPSA) is 62.6 Å². The van der Waals surface area contributed by atoms with Crippen molar-refractivity contribution in [3.63, 3.8) is 0 Å². The Balaban J connectivity index is 1.54. The van der Waals surface area contributed by atoms with E-state index in [1.165, 1.54) is 24.5 Å². The van der Waals surface area contributed by atoms with Gasteiger partial charge in [-0.15, -0.1) is 0 Å². The maximum atomic E-state index is 12.7. The van der Waals surface area contributed by atoms with Crippen molar-refractivity contribution in [2.75, 3.05) is 19.6 Å². The highest BCUT2D eigenvalue weighted by atomic mass is 16.3. The van der Waals surface area contributed by atoms with Gasteiger partial charge in [-0.05, 0) is 50.6 Å². The number of fused-ring (bicyclic) bond motifs is 1. The summed E-state index contributed by atoms with van der Waals surface area (Å²) in [6, 6.07) is 17.0. The molecule has 1 aromatic heterocycles. The van der Waals surface area contributed by atoms with Crippen molar-refractivity contribution in [1.29, 1.82) is 0 Å². The van der Waals surface area contributed by atoms with Crippen LogP contribution in [-0.2, 0) is 0 Å². The number of amides is 1. The van der Waals surface area contributed by atoms with Crippen LogP contribution >= 0.6 is 0 Å². The number of nitrogens with one attached hydrogen (secondary N) is 1. The molecule has 1 amide bonds. The minimum absolute atomic E-state index is 0.0505.